The molecule has 110 valence electrons. The van der Waals surface area contributed by atoms with E-state index in [9.17, 15) is 19.2 Å². The van der Waals surface area contributed by atoms with Gasteiger partial charge < -0.3 is 9.64 Å². The summed E-state index contributed by atoms with van der Waals surface area (Å²) in [6, 6.07) is 1.15. The number of H-pyrrole nitrogens is 1. The zero-order valence-electron chi connectivity index (χ0n) is 11.4. The second-order valence-corrected chi connectivity index (χ2v) is 3.95. The van der Waals surface area contributed by atoms with Crippen LogP contribution in [0.2, 0.25) is 0 Å². The summed E-state index contributed by atoms with van der Waals surface area (Å²) in [5, 5.41) is 0. The molecular formula is C12H17N3O5. The molecular weight excluding hydrogens is 266 g/mol. The van der Waals surface area contributed by atoms with E-state index in [0.29, 0.717) is 6.54 Å². The van der Waals surface area contributed by atoms with Crippen molar-refractivity contribution in [1.29, 1.82) is 0 Å². The van der Waals surface area contributed by atoms with Gasteiger partial charge in [-0.2, -0.15) is 0 Å². The molecule has 0 saturated heterocycles. The summed E-state index contributed by atoms with van der Waals surface area (Å²) in [6.07, 6.45) is 1.23. The highest BCUT2D eigenvalue weighted by molar-refractivity contribution is 5.81. The number of nitrogens with one attached hydrogen (secondary N) is 1. The lowest BCUT2D eigenvalue weighted by Crippen LogP contribution is -2.41. The number of aromatic amines is 1. The first-order valence-electron chi connectivity index (χ1n) is 6.21. The second-order valence-electron chi connectivity index (χ2n) is 3.95. The fourth-order valence-electron chi connectivity index (χ4n) is 1.55. The molecule has 0 spiro atoms. The van der Waals surface area contributed by atoms with Crippen LogP contribution >= 0.6 is 0 Å². The third kappa shape index (κ3) is 4.38. The average molecular weight is 283 g/mol. The monoisotopic (exact) mass is 283 g/mol. The number of rotatable bonds is 6. The number of amides is 1. The fourth-order valence-corrected chi connectivity index (χ4v) is 1.55. The number of hydrogen-bond acceptors (Lipinski definition) is 5. The van der Waals surface area contributed by atoms with Crippen molar-refractivity contribution in [3.05, 3.63) is 33.1 Å². The Bertz CT molecular complexity index is 589. The summed E-state index contributed by atoms with van der Waals surface area (Å²) in [6.45, 7) is 3.53. The van der Waals surface area contributed by atoms with Crippen LogP contribution in [0.15, 0.2) is 21.9 Å². The van der Waals surface area contributed by atoms with Gasteiger partial charge in [-0.05, 0) is 13.8 Å². The van der Waals surface area contributed by atoms with Gasteiger partial charge in [0.1, 0.15) is 13.1 Å². The normalized spacial score (nSPS) is 10.1. The van der Waals surface area contributed by atoms with E-state index >= 15 is 0 Å². The Balaban J connectivity index is 2.74. The zero-order valence-corrected chi connectivity index (χ0v) is 11.4. The van der Waals surface area contributed by atoms with Gasteiger partial charge in [-0.15, -0.1) is 0 Å². The lowest BCUT2D eigenvalue weighted by Gasteiger charge is -2.20. The van der Waals surface area contributed by atoms with Gasteiger partial charge in [-0.3, -0.25) is 23.9 Å². The van der Waals surface area contributed by atoms with Crippen LogP contribution < -0.4 is 11.2 Å². The van der Waals surface area contributed by atoms with Crippen molar-refractivity contribution in [3.63, 3.8) is 0 Å². The molecule has 0 saturated carbocycles. The number of likely N-dealkylation sites (N-methyl/N-ethyl adjacent to an activating group) is 1. The third-order valence-electron chi connectivity index (χ3n) is 2.56. The fraction of sp³-hybridized carbons (Fsp3) is 0.500. The number of carbonyl (C=O) groups is 2. The minimum absolute atomic E-state index is 0.165. The van der Waals surface area contributed by atoms with Gasteiger partial charge in [0.25, 0.3) is 5.56 Å². The van der Waals surface area contributed by atoms with Gasteiger partial charge >= 0.3 is 11.7 Å². The van der Waals surface area contributed by atoms with Gasteiger partial charge in [0, 0.05) is 18.8 Å². The third-order valence-corrected chi connectivity index (χ3v) is 2.56. The smallest absolute Gasteiger partial charge is 0.328 e. The highest BCUT2D eigenvalue weighted by atomic mass is 16.5. The largest absolute Gasteiger partial charge is 0.465 e. The van der Waals surface area contributed by atoms with E-state index in [1.807, 2.05) is 0 Å². The number of aromatic nitrogens is 2. The lowest BCUT2D eigenvalue weighted by molar-refractivity contribution is -0.149. The van der Waals surface area contributed by atoms with Crippen molar-refractivity contribution >= 4 is 11.9 Å². The maximum absolute atomic E-state index is 12.0. The van der Waals surface area contributed by atoms with Crippen LogP contribution in [0.1, 0.15) is 13.8 Å². The summed E-state index contributed by atoms with van der Waals surface area (Å²) in [4.78, 5) is 49.0. The highest BCUT2D eigenvalue weighted by Gasteiger charge is 2.17. The van der Waals surface area contributed by atoms with Crippen LogP contribution in [0.3, 0.4) is 0 Å². The molecule has 0 fully saturated rings. The van der Waals surface area contributed by atoms with Gasteiger partial charge in [-0.25, -0.2) is 4.79 Å². The quantitative estimate of drug-likeness (QED) is 0.671. The maximum Gasteiger partial charge on any atom is 0.328 e. The van der Waals surface area contributed by atoms with Gasteiger partial charge in [0.2, 0.25) is 5.91 Å². The van der Waals surface area contributed by atoms with E-state index in [2.05, 4.69) is 4.98 Å². The number of ether oxygens (including phenoxy) is 1. The first kappa shape index (κ1) is 15.7. The molecule has 1 amide bonds. The molecule has 0 aliphatic heterocycles. The van der Waals surface area contributed by atoms with Crippen LogP contribution in [-0.2, 0) is 20.9 Å². The minimum Gasteiger partial charge on any atom is -0.465 e. The van der Waals surface area contributed by atoms with Crippen molar-refractivity contribution in [1.82, 2.24) is 14.5 Å². The SMILES string of the molecule is CCOC(=O)CN(CC)C(=O)Cn1ccc(=O)[nH]c1=O. The van der Waals surface area contributed by atoms with Crippen molar-refractivity contribution in [2.24, 2.45) is 0 Å². The van der Waals surface area contributed by atoms with Crippen LogP contribution in [0.25, 0.3) is 0 Å². The summed E-state index contributed by atoms with van der Waals surface area (Å²) >= 11 is 0. The van der Waals surface area contributed by atoms with E-state index in [4.69, 9.17) is 4.74 Å². The number of esters is 1. The van der Waals surface area contributed by atoms with E-state index in [-0.39, 0.29) is 19.7 Å². The van der Waals surface area contributed by atoms with Gasteiger partial charge in [-0.1, -0.05) is 0 Å². The Morgan fingerprint density at radius 1 is 1.35 bits per heavy atom. The summed E-state index contributed by atoms with van der Waals surface area (Å²) < 4.78 is 5.83. The van der Waals surface area contributed by atoms with E-state index in [1.165, 1.54) is 11.1 Å². The van der Waals surface area contributed by atoms with E-state index in [0.717, 1.165) is 10.6 Å². The molecule has 0 unspecified atom stereocenters. The molecule has 0 aliphatic rings. The molecule has 1 N–H and O–H groups in total. The average Bonchev–Trinajstić information content (AvgIpc) is 2.39. The summed E-state index contributed by atoms with van der Waals surface area (Å²) in [5.41, 5.74) is -1.20. The molecule has 1 rings (SSSR count). The van der Waals surface area contributed by atoms with Gasteiger partial charge in [0.05, 0.1) is 6.61 Å². The molecule has 8 heteroatoms. The van der Waals surface area contributed by atoms with Crippen LogP contribution in [0, 0.1) is 0 Å². The Morgan fingerprint density at radius 3 is 2.60 bits per heavy atom. The minimum atomic E-state index is -0.668. The molecule has 1 heterocycles. The van der Waals surface area contributed by atoms with Crippen LogP contribution in [0.4, 0.5) is 0 Å². The molecule has 0 bridgehead atoms. The highest BCUT2D eigenvalue weighted by Crippen LogP contribution is 1.94. The predicted octanol–water partition coefficient (Wildman–Crippen LogP) is -1.05. The lowest BCUT2D eigenvalue weighted by atomic mass is 10.4. The standard InChI is InChI=1S/C12H17N3O5/c1-3-14(8-11(18)20-4-2)10(17)7-15-6-5-9(16)13-12(15)19/h5-6H,3-4,7-8H2,1-2H3,(H,13,16,19). The molecule has 0 radical (unpaired) electrons. The number of nitrogens with zero attached hydrogens (tertiary/aromatic N) is 2. The van der Waals surface area contributed by atoms with Gasteiger partial charge in [0.15, 0.2) is 0 Å². The zero-order chi connectivity index (χ0) is 15.1. The number of hydrogen-bond donors (Lipinski definition) is 1. The van der Waals surface area contributed by atoms with E-state index < -0.39 is 23.1 Å². The molecule has 8 nitrogen and oxygen atoms in total. The molecule has 1 aromatic rings. The first-order chi connectivity index (χ1) is 9.47. The first-order valence-corrected chi connectivity index (χ1v) is 6.21. The second kappa shape index (κ2) is 7.27. The van der Waals surface area contributed by atoms with Crippen molar-refractivity contribution in [3.8, 4) is 0 Å². The van der Waals surface area contributed by atoms with Crippen LogP contribution in [0.5, 0.6) is 0 Å². The molecule has 0 aromatic carbocycles. The molecule has 0 atom stereocenters. The van der Waals surface area contributed by atoms with Crippen LogP contribution in [-0.4, -0.2) is 46.0 Å². The topological polar surface area (TPSA) is 101 Å². The Kier molecular flexibility index (Phi) is 5.70. The maximum atomic E-state index is 12.0. The van der Waals surface area contributed by atoms with E-state index in [1.54, 1.807) is 13.8 Å². The Labute approximate surface area is 115 Å². The number of carbonyl (C=O) groups excluding carboxylic acids is 2. The predicted molar refractivity (Wildman–Crippen MR) is 70.2 cm³/mol. The van der Waals surface area contributed by atoms with Crippen molar-refractivity contribution in [2.45, 2.75) is 20.4 Å². The Hall–Kier alpha value is -2.38. The molecule has 20 heavy (non-hydrogen) atoms. The summed E-state index contributed by atoms with van der Waals surface area (Å²) in [5.74, 6) is -0.911. The molecule has 0 aliphatic carbocycles. The van der Waals surface area contributed by atoms with Crippen molar-refractivity contribution < 1.29 is 14.3 Å². The van der Waals surface area contributed by atoms with Crippen molar-refractivity contribution in [2.75, 3.05) is 19.7 Å². The Morgan fingerprint density at radius 2 is 2.05 bits per heavy atom. The summed E-state index contributed by atoms with van der Waals surface area (Å²) in [7, 11) is 0. The molecule has 1 aromatic heterocycles.